The van der Waals surface area contributed by atoms with Crippen molar-refractivity contribution in [2.45, 2.75) is 26.4 Å². The Morgan fingerprint density at radius 3 is 2.48 bits per heavy atom. The molecule has 116 valence electrons. The second-order valence-corrected chi connectivity index (χ2v) is 5.85. The van der Waals surface area contributed by atoms with Gasteiger partial charge in [-0.3, -0.25) is 15.2 Å². The molecule has 0 atom stereocenters. The van der Waals surface area contributed by atoms with Crippen LogP contribution in [0.1, 0.15) is 25.0 Å². The topological polar surface area (TPSA) is 65.6 Å². The van der Waals surface area contributed by atoms with Gasteiger partial charge < -0.3 is 10.5 Å². The van der Waals surface area contributed by atoms with Gasteiger partial charge in [0.1, 0.15) is 11.6 Å². The van der Waals surface area contributed by atoms with Gasteiger partial charge in [-0.1, -0.05) is 6.07 Å². The predicted octanol–water partition coefficient (Wildman–Crippen LogP) is 1.51. The minimum atomic E-state index is 0.0453. The van der Waals surface area contributed by atoms with Gasteiger partial charge >= 0.3 is 0 Å². The Bertz CT molecular complexity index is 493. The minimum absolute atomic E-state index is 0.0453. The van der Waals surface area contributed by atoms with E-state index in [0.717, 1.165) is 32.7 Å². The van der Waals surface area contributed by atoms with Crippen LogP contribution in [0, 0.1) is 5.41 Å². The highest BCUT2D eigenvalue weighted by Gasteiger charge is 2.19. The van der Waals surface area contributed by atoms with Crippen LogP contribution in [0.25, 0.3) is 0 Å². The van der Waals surface area contributed by atoms with Crippen molar-refractivity contribution < 1.29 is 4.74 Å². The number of ether oxygens (including phenoxy) is 1. The smallest absolute Gasteiger partial charge is 0.130 e. The number of hydrogen-bond donors (Lipinski definition) is 2. The number of rotatable bonds is 5. The van der Waals surface area contributed by atoms with Gasteiger partial charge in [-0.05, 0) is 31.5 Å². The monoisotopic (exact) mass is 290 g/mol. The largest absolute Gasteiger partial charge is 0.496 e. The average Bonchev–Trinajstić information content (AvgIpc) is 2.47. The number of amidine groups is 1. The first-order valence-electron chi connectivity index (χ1n) is 7.49. The van der Waals surface area contributed by atoms with Crippen molar-refractivity contribution in [1.82, 2.24) is 9.80 Å². The highest BCUT2D eigenvalue weighted by Crippen LogP contribution is 2.21. The van der Waals surface area contributed by atoms with Gasteiger partial charge in [0.15, 0.2) is 0 Å². The molecule has 5 heteroatoms. The zero-order valence-electron chi connectivity index (χ0n) is 13.2. The summed E-state index contributed by atoms with van der Waals surface area (Å²) in [5, 5.41) is 7.55. The highest BCUT2D eigenvalue weighted by atomic mass is 16.5. The van der Waals surface area contributed by atoms with Crippen LogP contribution in [0.4, 0.5) is 0 Å². The molecule has 1 aliphatic heterocycles. The number of piperazine rings is 1. The van der Waals surface area contributed by atoms with Crippen LogP contribution in [0.5, 0.6) is 5.75 Å². The third-order valence-corrected chi connectivity index (χ3v) is 4.10. The van der Waals surface area contributed by atoms with Gasteiger partial charge in [0.2, 0.25) is 0 Å². The molecular formula is C16H26N4O. The number of hydrogen-bond acceptors (Lipinski definition) is 4. The van der Waals surface area contributed by atoms with Crippen LogP contribution in [-0.4, -0.2) is 55.0 Å². The van der Waals surface area contributed by atoms with Crippen LogP contribution in [0.15, 0.2) is 18.2 Å². The molecule has 0 radical (unpaired) electrons. The molecule has 1 heterocycles. The molecule has 0 unspecified atom stereocenters. The summed E-state index contributed by atoms with van der Waals surface area (Å²) in [5.74, 6) is 0.727. The zero-order valence-corrected chi connectivity index (χ0v) is 13.2. The molecule has 2 rings (SSSR count). The van der Waals surface area contributed by atoms with Crippen LogP contribution in [-0.2, 0) is 6.54 Å². The van der Waals surface area contributed by atoms with Gasteiger partial charge in [-0.2, -0.15) is 0 Å². The maximum atomic E-state index is 7.55. The first-order chi connectivity index (χ1) is 10.0. The lowest BCUT2D eigenvalue weighted by molar-refractivity contribution is 0.104. The highest BCUT2D eigenvalue weighted by molar-refractivity contribution is 5.97. The van der Waals surface area contributed by atoms with Gasteiger partial charge in [0.25, 0.3) is 0 Å². The van der Waals surface area contributed by atoms with Crippen molar-refractivity contribution in [2.75, 3.05) is 33.3 Å². The van der Waals surface area contributed by atoms with E-state index in [-0.39, 0.29) is 5.84 Å². The SMILES string of the molecule is COc1cc(CN2CCN(C(C)C)CC2)ccc1C(=N)N. The number of methoxy groups -OCH3 is 1. The number of nitrogen functional groups attached to an aromatic ring is 1. The summed E-state index contributed by atoms with van der Waals surface area (Å²) in [7, 11) is 1.62. The first-order valence-corrected chi connectivity index (χ1v) is 7.49. The van der Waals surface area contributed by atoms with Crippen molar-refractivity contribution in [3.8, 4) is 5.75 Å². The minimum Gasteiger partial charge on any atom is -0.496 e. The zero-order chi connectivity index (χ0) is 15.4. The molecule has 0 spiro atoms. The summed E-state index contributed by atoms with van der Waals surface area (Å²) in [6.45, 7) is 9.85. The summed E-state index contributed by atoms with van der Waals surface area (Å²) in [4.78, 5) is 4.97. The second-order valence-electron chi connectivity index (χ2n) is 5.85. The van der Waals surface area contributed by atoms with E-state index in [1.807, 2.05) is 18.2 Å². The van der Waals surface area contributed by atoms with Gasteiger partial charge in [-0.25, -0.2) is 0 Å². The predicted molar refractivity (Wildman–Crippen MR) is 86.0 cm³/mol. The fourth-order valence-corrected chi connectivity index (χ4v) is 2.75. The Morgan fingerprint density at radius 1 is 1.29 bits per heavy atom. The van der Waals surface area contributed by atoms with Crippen molar-refractivity contribution in [3.63, 3.8) is 0 Å². The van der Waals surface area contributed by atoms with Crippen molar-refractivity contribution >= 4 is 5.84 Å². The maximum absolute atomic E-state index is 7.55. The molecule has 0 saturated carbocycles. The van der Waals surface area contributed by atoms with E-state index in [1.54, 1.807) is 7.11 Å². The van der Waals surface area contributed by atoms with Crippen molar-refractivity contribution in [2.24, 2.45) is 5.73 Å². The van der Waals surface area contributed by atoms with E-state index < -0.39 is 0 Å². The van der Waals surface area contributed by atoms with Crippen LogP contribution >= 0.6 is 0 Å². The fourth-order valence-electron chi connectivity index (χ4n) is 2.75. The van der Waals surface area contributed by atoms with Crippen molar-refractivity contribution in [3.05, 3.63) is 29.3 Å². The quantitative estimate of drug-likeness (QED) is 0.637. The third kappa shape index (κ3) is 3.95. The molecule has 0 bridgehead atoms. The molecule has 1 fully saturated rings. The van der Waals surface area contributed by atoms with E-state index in [1.165, 1.54) is 5.56 Å². The van der Waals surface area contributed by atoms with E-state index in [2.05, 4.69) is 23.6 Å². The third-order valence-electron chi connectivity index (χ3n) is 4.10. The Balaban J connectivity index is 1.99. The fraction of sp³-hybridized carbons (Fsp3) is 0.562. The van der Waals surface area contributed by atoms with Gasteiger partial charge in [0.05, 0.1) is 12.7 Å². The lowest BCUT2D eigenvalue weighted by Gasteiger charge is -2.37. The molecule has 1 aromatic rings. The van der Waals surface area contributed by atoms with E-state index in [4.69, 9.17) is 15.9 Å². The van der Waals surface area contributed by atoms with Gasteiger partial charge in [-0.15, -0.1) is 0 Å². The first kappa shape index (κ1) is 15.8. The lowest BCUT2D eigenvalue weighted by atomic mass is 10.1. The van der Waals surface area contributed by atoms with E-state index in [9.17, 15) is 0 Å². The summed E-state index contributed by atoms with van der Waals surface area (Å²) >= 11 is 0. The van der Waals surface area contributed by atoms with Crippen molar-refractivity contribution in [1.29, 1.82) is 5.41 Å². The standard InChI is InChI=1S/C16H26N4O/c1-12(2)20-8-6-19(7-9-20)11-13-4-5-14(16(17)18)15(10-13)21-3/h4-5,10,12H,6-9,11H2,1-3H3,(H3,17,18). The lowest BCUT2D eigenvalue weighted by Crippen LogP contribution is -2.48. The summed E-state index contributed by atoms with van der Waals surface area (Å²) in [6.07, 6.45) is 0. The molecule has 5 nitrogen and oxygen atoms in total. The van der Waals surface area contributed by atoms with Crippen LogP contribution < -0.4 is 10.5 Å². The summed E-state index contributed by atoms with van der Waals surface area (Å²) in [6, 6.07) is 6.53. The number of nitrogens with zero attached hydrogens (tertiary/aromatic N) is 2. The Kier molecular flexibility index (Phi) is 5.20. The van der Waals surface area contributed by atoms with Gasteiger partial charge in [0, 0.05) is 38.8 Å². The summed E-state index contributed by atoms with van der Waals surface area (Å²) < 4.78 is 5.34. The maximum Gasteiger partial charge on any atom is 0.130 e. The van der Waals surface area contributed by atoms with Crippen LogP contribution in [0.2, 0.25) is 0 Å². The molecular weight excluding hydrogens is 264 g/mol. The van der Waals surface area contributed by atoms with Crippen LogP contribution in [0.3, 0.4) is 0 Å². The van der Waals surface area contributed by atoms with E-state index >= 15 is 0 Å². The average molecular weight is 290 g/mol. The van der Waals surface area contributed by atoms with E-state index in [0.29, 0.717) is 17.4 Å². The molecule has 1 saturated heterocycles. The number of nitrogens with one attached hydrogen (secondary N) is 1. The Hall–Kier alpha value is -1.59. The molecule has 1 aromatic carbocycles. The molecule has 0 amide bonds. The molecule has 21 heavy (non-hydrogen) atoms. The summed E-state index contributed by atoms with van der Waals surface area (Å²) in [5.41, 5.74) is 7.42. The normalized spacial score (nSPS) is 17.1. The molecule has 0 aromatic heterocycles. The second kappa shape index (κ2) is 6.91. The molecule has 0 aliphatic carbocycles. The number of benzene rings is 1. The Labute approximate surface area is 127 Å². The number of nitrogens with two attached hydrogens (primary N) is 1. The molecule has 1 aliphatic rings. The molecule has 3 N–H and O–H groups in total. The Morgan fingerprint density at radius 2 is 1.95 bits per heavy atom.